The topological polar surface area (TPSA) is 240 Å². The second-order valence-corrected chi connectivity index (χ2v) is 6.34. The van der Waals surface area contributed by atoms with Crippen LogP contribution in [0.3, 0.4) is 0 Å². The predicted octanol–water partition coefficient (Wildman–Crippen LogP) is -2.19. The molecule has 0 spiro atoms. The lowest BCUT2D eigenvalue weighted by Crippen LogP contribution is -2.34. The number of nitrogen functional groups attached to an aromatic ring is 1. The summed E-state index contributed by atoms with van der Waals surface area (Å²) in [5.41, 5.74) is 14.5. The van der Waals surface area contributed by atoms with Crippen molar-refractivity contribution in [1.29, 1.82) is 0 Å². The van der Waals surface area contributed by atoms with Gasteiger partial charge in [-0.1, -0.05) is 0 Å². The number of fused-ring (bicyclic) bond motifs is 1. The molecule has 0 amide bonds. The van der Waals surface area contributed by atoms with E-state index in [-0.39, 0.29) is 22.9 Å². The highest BCUT2D eigenvalue weighted by Gasteiger charge is 2.45. The van der Waals surface area contributed by atoms with Gasteiger partial charge in [0.25, 0.3) is 0 Å². The van der Waals surface area contributed by atoms with Crippen LogP contribution in [-0.4, -0.2) is 54.7 Å². The Hall–Kier alpha value is -2.35. The molecule has 1 fully saturated rings. The molecular formula is C10H11N8O7P-2. The second kappa shape index (κ2) is 6.75. The third kappa shape index (κ3) is 3.33. The van der Waals surface area contributed by atoms with E-state index in [4.69, 9.17) is 16.0 Å². The molecule has 4 N–H and O–H groups in total. The fourth-order valence-electron chi connectivity index (χ4n) is 2.50. The van der Waals surface area contributed by atoms with Gasteiger partial charge in [-0.3, -0.25) is 4.57 Å². The van der Waals surface area contributed by atoms with Gasteiger partial charge in [0.1, 0.15) is 24.6 Å². The van der Waals surface area contributed by atoms with Crippen molar-refractivity contribution < 1.29 is 33.8 Å². The van der Waals surface area contributed by atoms with E-state index in [9.17, 15) is 24.6 Å². The number of hydrogen-bond donors (Lipinski definition) is 3. The van der Waals surface area contributed by atoms with Crippen LogP contribution in [-0.2, 0) is 13.8 Å². The number of aliphatic hydroxyl groups is 2. The summed E-state index contributed by atoms with van der Waals surface area (Å²) in [5, 5.41) is 23.6. The molecule has 26 heavy (non-hydrogen) atoms. The quantitative estimate of drug-likeness (QED) is 0.216. The minimum absolute atomic E-state index is 0.0327. The highest BCUT2D eigenvalue weighted by molar-refractivity contribution is 7.43. The van der Waals surface area contributed by atoms with Crippen molar-refractivity contribution >= 4 is 30.8 Å². The Balaban J connectivity index is 2.00. The fourth-order valence-corrected chi connectivity index (χ4v) is 2.83. The Labute approximate surface area is 143 Å². The van der Waals surface area contributed by atoms with Gasteiger partial charge < -0.3 is 39.6 Å². The van der Waals surface area contributed by atoms with Crippen LogP contribution in [0.4, 0.5) is 11.8 Å². The van der Waals surface area contributed by atoms with Gasteiger partial charge in [-0.25, -0.2) is 15.0 Å². The number of rotatable bonds is 5. The lowest BCUT2D eigenvalue weighted by Gasteiger charge is -2.30. The maximum atomic E-state index is 10.6. The zero-order valence-electron chi connectivity index (χ0n) is 12.7. The van der Waals surface area contributed by atoms with E-state index in [0.29, 0.717) is 0 Å². The number of nitrogens with two attached hydrogens (primary N) is 1. The van der Waals surface area contributed by atoms with Crippen molar-refractivity contribution in [2.75, 3.05) is 12.3 Å². The maximum absolute atomic E-state index is 10.6. The molecule has 0 saturated carbocycles. The third-order valence-electron chi connectivity index (χ3n) is 3.61. The Bertz CT molecular complexity index is 923. The van der Waals surface area contributed by atoms with Gasteiger partial charge in [-0.2, -0.15) is 0 Å². The molecule has 15 nitrogen and oxygen atoms in total. The van der Waals surface area contributed by atoms with E-state index in [1.54, 1.807) is 0 Å². The Morgan fingerprint density at radius 1 is 1.46 bits per heavy atom. The molecular weight excluding hydrogens is 375 g/mol. The zero-order valence-corrected chi connectivity index (χ0v) is 13.6. The van der Waals surface area contributed by atoms with Gasteiger partial charge in [0.05, 0.1) is 14.4 Å². The molecule has 3 heterocycles. The summed E-state index contributed by atoms with van der Waals surface area (Å²) in [7, 11) is -5.31. The number of ether oxygens (including phenoxy) is 1. The normalized spacial score (nSPS) is 26.2. The van der Waals surface area contributed by atoms with Crippen molar-refractivity contribution in [2.24, 2.45) is 5.11 Å². The van der Waals surface area contributed by atoms with E-state index >= 15 is 0 Å². The Kier molecular flexibility index (Phi) is 4.79. The van der Waals surface area contributed by atoms with Gasteiger partial charge in [0.15, 0.2) is 23.2 Å². The molecule has 1 aliphatic rings. The molecule has 0 aromatic carbocycles. The molecule has 0 aliphatic carbocycles. The van der Waals surface area contributed by atoms with Crippen LogP contribution in [0.25, 0.3) is 21.6 Å². The molecule has 4 atom stereocenters. The van der Waals surface area contributed by atoms with Gasteiger partial charge in [0, 0.05) is 4.91 Å². The summed E-state index contributed by atoms with van der Waals surface area (Å²) in [4.78, 5) is 35.4. The summed E-state index contributed by atoms with van der Waals surface area (Å²) in [6, 6.07) is 0. The second-order valence-electron chi connectivity index (χ2n) is 5.19. The van der Waals surface area contributed by atoms with Crippen LogP contribution in [0.15, 0.2) is 11.4 Å². The average Bonchev–Trinajstić information content (AvgIpc) is 3.05. The number of imidazole rings is 1. The molecule has 2 aromatic rings. The van der Waals surface area contributed by atoms with Crippen LogP contribution in [0, 0.1) is 0 Å². The van der Waals surface area contributed by atoms with E-state index in [1.165, 1.54) is 0 Å². The van der Waals surface area contributed by atoms with E-state index < -0.39 is 39.0 Å². The number of hydrogen-bond acceptors (Lipinski definition) is 12. The summed E-state index contributed by atoms with van der Waals surface area (Å²) in [6.07, 6.45) is -4.86. The number of anilines is 1. The minimum atomic E-state index is -5.31. The van der Waals surface area contributed by atoms with E-state index in [2.05, 4.69) is 29.5 Å². The summed E-state index contributed by atoms with van der Waals surface area (Å²) < 4.78 is 21.1. The molecule has 0 unspecified atom stereocenters. The van der Waals surface area contributed by atoms with E-state index in [1.807, 2.05) is 0 Å². The highest BCUT2D eigenvalue weighted by atomic mass is 31.2. The van der Waals surface area contributed by atoms with Crippen LogP contribution >= 0.6 is 7.82 Å². The number of aliphatic hydroxyl groups excluding tert-OH is 2. The van der Waals surface area contributed by atoms with Gasteiger partial charge in [-0.05, 0) is 10.6 Å². The first-order chi connectivity index (χ1) is 12.2. The largest absolute Gasteiger partial charge is 0.790 e. The first-order valence-electron chi connectivity index (χ1n) is 6.94. The SMILES string of the molecule is [N-]=[N+]=Nc1nc2c(N)ncnc2n1[C@@H]1O[C@H](COP(=O)([O-])[O-])[C@@H](O)[C@H]1O. The molecule has 2 aromatic heterocycles. The third-order valence-corrected chi connectivity index (χ3v) is 4.07. The van der Waals surface area contributed by atoms with Crippen molar-refractivity contribution in [1.82, 2.24) is 19.5 Å². The maximum Gasteiger partial charge on any atom is 0.201 e. The van der Waals surface area contributed by atoms with Gasteiger partial charge >= 0.3 is 0 Å². The van der Waals surface area contributed by atoms with Crippen molar-refractivity contribution in [3.05, 3.63) is 16.8 Å². The molecule has 1 aliphatic heterocycles. The minimum Gasteiger partial charge on any atom is -0.790 e. The van der Waals surface area contributed by atoms with Crippen molar-refractivity contribution in [2.45, 2.75) is 24.5 Å². The van der Waals surface area contributed by atoms with E-state index in [0.717, 1.165) is 10.9 Å². The Morgan fingerprint density at radius 2 is 2.19 bits per heavy atom. The van der Waals surface area contributed by atoms with Crippen molar-refractivity contribution in [3.63, 3.8) is 0 Å². The zero-order chi connectivity index (χ0) is 19.1. The van der Waals surface area contributed by atoms with Crippen LogP contribution in [0.5, 0.6) is 0 Å². The van der Waals surface area contributed by atoms with Gasteiger partial charge in [0.2, 0.25) is 5.95 Å². The lowest BCUT2D eigenvalue weighted by molar-refractivity contribution is -0.343. The van der Waals surface area contributed by atoms with Crippen LogP contribution in [0.1, 0.15) is 6.23 Å². The molecule has 16 heteroatoms. The summed E-state index contributed by atoms with van der Waals surface area (Å²) >= 11 is 0. The first-order valence-corrected chi connectivity index (χ1v) is 8.40. The molecule has 3 rings (SSSR count). The number of phosphoric acid groups is 1. The number of azide groups is 1. The van der Waals surface area contributed by atoms with Crippen LogP contribution < -0.4 is 15.5 Å². The molecule has 0 radical (unpaired) electrons. The van der Waals surface area contributed by atoms with Gasteiger partial charge in [-0.15, -0.1) is 0 Å². The smallest absolute Gasteiger partial charge is 0.201 e. The number of aromatic nitrogens is 4. The molecule has 140 valence electrons. The number of phosphoric ester groups is 1. The molecule has 1 saturated heterocycles. The fraction of sp³-hybridized carbons (Fsp3) is 0.500. The predicted molar refractivity (Wildman–Crippen MR) is 78.0 cm³/mol. The van der Waals surface area contributed by atoms with Crippen LogP contribution in [0.2, 0.25) is 0 Å². The lowest BCUT2D eigenvalue weighted by atomic mass is 10.1. The average molecular weight is 386 g/mol. The number of nitrogens with zero attached hydrogens (tertiary/aromatic N) is 7. The first kappa shape index (κ1) is 18.4. The monoisotopic (exact) mass is 386 g/mol. The highest BCUT2D eigenvalue weighted by Crippen LogP contribution is 2.37. The summed E-state index contributed by atoms with van der Waals surface area (Å²) in [5.74, 6) is -0.319. The Morgan fingerprint density at radius 3 is 2.85 bits per heavy atom. The van der Waals surface area contributed by atoms with Crippen molar-refractivity contribution in [3.8, 4) is 0 Å². The summed E-state index contributed by atoms with van der Waals surface area (Å²) in [6.45, 7) is -0.820. The molecule has 0 bridgehead atoms. The standard InChI is InChI=1S/C10H13N8O7P/c11-7-4-8(14-2-13-7)18(10(15-4)16-17-12)9-6(20)5(19)3(25-9)1-24-26(21,22)23/h2-3,5-6,9,19-20H,1H2,(H2,11,13,14)(H2,21,22,23)/p-2/t3-,5-,6-,9-/m1/s1.